The van der Waals surface area contributed by atoms with Crippen molar-refractivity contribution >= 4 is 26.0 Å². The first kappa shape index (κ1) is 14.5. The number of benzene rings is 1. The third-order valence-corrected chi connectivity index (χ3v) is 6.03. The number of nitrogens with one attached hydrogen (secondary N) is 1. The molecule has 0 spiro atoms. The van der Waals surface area contributed by atoms with Crippen molar-refractivity contribution in [3.05, 3.63) is 28.7 Å². The van der Waals surface area contributed by atoms with Crippen LogP contribution >= 0.6 is 15.9 Å². The molecule has 1 aliphatic carbocycles. The highest BCUT2D eigenvalue weighted by Crippen LogP contribution is 2.29. The van der Waals surface area contributed by atoms with Gasteiger partial charge in [0.2, 0.25) is 10.0 Å². The molecule has 0 unspecified atom stereocenters. The Hall–Kier alpha value is -0.430. The van der Waals surface area contributed by atoms with Gasteiger partial charge < -0.3 is 4.90 Å². The first-order valence-electron chi connectivity index (χ1n) is 7.06. The zero-order valence-electron chi connectivity index (χ0n) is 11.3. The highest BCUT2D eigenvalue weighted by Gasteiger charge is 2.32. The van der Waals surface area contributed by atoms with Gasteiger partial charge in [-0.2, -0.15) is 0 Å². The Morgan fingerprint density at radius 1 is 1.15 bits per heavy atom. The molecule has 1 heterocycles. The van der Waals surface area contributed by atoms with E-state index in [-0.39, 0.29) is 6.04 Å². The van der Waals surface area contributed by atoms with E-state index in [1.54, 1.807) is 18.2 Å². The van der Waals surface area contributed by atoms with E-state index in [4.69, 9.17) is 0 Å². The molecular formula is C14H19BrN2O2S. The van der Waals surface area contributed by atoms with Crippen LogP contribution in [0.25, 0.3) is 0 Å². The topological polar surface area (TPSA) is 49.4 Å². The summed E-state index contributed by atoms with van der Waals surface area (Å²) in [4.78, 5) is 2.82. The predicted octanol–water partition coefficient (Wildman–Crippen LogP) is 2.35. The number of piperidine rings is 1. The number of hydrogen-bond acceptors (Lipinski definition) is 3. The smallest absolute Gasteiger partial charge is 0.240 e. The van der Waals surface area contributed by atoms with Crippen LogP contribution in [0.15, 0.2) is 33.6 Å². The van der Waals surface area contributed by atoms with Gasteiger partial charge in [-0.1, -0.05) is 22.0 Å². The molecule has 1 saturated carbocycles. The van der Waals surface area contributed by atoms with E-state index in [1.807, 2.05) is 6.07 Å². The molecule has 0 aromatic heterocycles. The van der Waals surface area contributed by atoms with Crippen molar-refractivity contribution in [1.29, 1.82) is 0 Å². The molecule has 0 radical (unpaired) electrons. The van der Waals surface area contributed by atoms with Crippen LogP contribution in [0.5, 0.6) is 0 Å². The SMILES string of the molecule is O=S(=O)(NC1CCN(C2CC2)CC1)c1cccc(Br)c1. The molecule has 0 atom stereocenters. The lowest BCUT2D eigenvalue weighted by Crippen LogP contribution is -2.45. The molecule has 0 amide bonds. The number of nitrogens with zero attached hydrogens (tertiary/aromatic N) is 1. The van der Waals surface area contributed by atoms with Crippen LogP contribution in [0.2, 0.25) is 0 Å². The number of hydrogen-bond donors (Lipinski definition) is 1. The normalized spacial score (nSPS) is 22.1. The fourth-order valence-electron chi connectivity index (χ4n) is 2.74. The Bertz CT molecular complexity index is 579. The van der Waals surface area contributed by atoms with E-state index in [0.717, 1.165) is 36.4 Å². The van der Waals surface area contributed by atoms with Crippen LogP contribution in [0.3, 0.4) is 0 Å². The van der Waals surface area contributed by atoms with Gasteiger partial charge in [-0.3, -0.25) is 0 Å². The lowest BCUT2D eigenvalue weighted by molar-refractivity contribution is 0.199. The summed E-state index contributed by atoms with van der Waals surface area (Å²) in [5.74, 6) is 0. The quantitative estimate of drug-likeness (QED) is 0.898. The Balaban J connectivity index is 1.62. The van der Waals surface area contributed by atoms with Crippen molar-refractivity contribution in [3.63, 3.8) is 0 Å². The Labute approximate surface area is 128 Å². The fourth-order valence-corrected chi connectivity index (χ4v) is 4.64. The molecule has 110 valence electrons. The maximum absolute atomic E-state index is 12.3. The maximum Gasteiger partial charge on any atom is 0.240 e. The van der Waals surface area contributed by atoms with Gasteiger partial charge in [0.25, 0.3) is 0 Å². The van der Waals surface area contributed by atoms with Gasteiger partial charge >= 0.3 is 0 Å². The largest absolute Gasteiger partial charge is 0.300 e. The third kappa shape index (κ3) is 3.42. The van der Waals surface area contributed by atoms with Crippen molar-refractivity contribution in [2.45, 2.75) is 42.7 Å². The number of sulfonamides is 1. The van der Waals surface area contributed by atoms with Crippen LogP contribution in [-0.4, -0.2) is 38.5 Å². The van der Waals surface area contributed by atoms with Gasteiger partial charge in [-0.25, -0.2) is 13.1 Å². The van der Waals surface area contributed by atoms with Gasteiger partial charge in [-0.05, 0) is 57.0 Å². The van der Waals surface area contributed by atoms with Crippen molar-refractivity contribution in [1.82, 2.24) is 9.62 Å². The summed E-state index contributed by atoms with van der Waals surface area (Å²) in [6.07, 6.45) is 4.44. The molecule has 0 bridgehead atoms. The molecule has 1 aromatic rings. The second-order valence-corrected chi connectivity index (χ2v) is 8.25. The van der Waals surface area contributed by atoms with E-state index in [2.05, 4.69) is 25.6 Å². The first-order chi connectivity index (χ1) is 9.54. The van der Waals surface area contributed by atoms with Gasteiger partial charge in [0, 0.05) is 16.6 Å². The lowest BCUT2D eigenvalue weighted by Gasteiger charge is -2.32. The molecule has 1 aliphatic heterocycles. The highest BCUT2D eigenvalue weighted by atomic mass is 79.9. The van der Waals surface area contributed by atoms with Crippen molar-refractivity contribution in [2.75, 3.05) is 13.1 Å². The van der Waals surface area contributed by atoms with Gasteiger partial charge in [0.15, 0.2) is 0 Å². The van der Waals surface area contributed by atoms with E-state index in [1.165, 1.54) is 12.8 Å². The van der Waals surface area contributed by atoms with Crippen molar-refractivity contribution < 1.29 is 8.42 Å². The fraction of sp³-hybridized carbons (Fsp3) is 0.571. The van der Waals surface area contributed by atoms with Gasteiger partial charge in [0.1, 0.15) is 0 Å². The summed E-state index contributed by atoms with van der Waals surface area (Å²) in [6.45, 7) is 2.02. The minimum atomic E-state index is -3.40. The molecular weight excluding hydrogens is 340 g/mol. The lowest BCUT2D eigenvalue weighted by atomic mass is 10.1. The summed E-state index contributed by atoms with van der Waals surface area (Å²) >= 11 is 3.31. The summed E-state index contributed by atoms with van der Waals surface area (Å²) < 4.78 is 28.3. The molecule has 1 aromatic carbocycles. The Morgan fingerprint density at radius 2 is 1.85 bits per heavy atom. The maximum atomic E-state index is 12.3. The molecule has 1 N–H and O–H groups in total. The number of rotatable bonds is 4. The van der Waals surface area contributed by atoms with Crippen LogP contribution in [0, 0.1) is 0 Å². The number of likely N-dealkylation sites (tertiary alicyclic amines) is 1. The van der Waals surface area contributed by atoms with Crippen LogP contribution in [-0.2, 0) is 10.0 Å². The van der Waals surface area contributed by atoms with E-state index >= 15 is 0 Å². The van der Waals surface area contributed by atoms with E-state index in [9.17, 15) is 8.42 Å². The summed E-state index contributed by atoms with van der Waals surface area (Å²) in [6, 6.07) is 7.68. The predicted molar refractivity (Wildman–Crippen MR) is 82.1 cm³/mol. The molecule has 6 heteroatoms. The van der Waals surface area contributed by atoms with Gasteiger partial charge in [0.05, 0.1) is 4.90 Å². The second-order valence-electron chi connectivity index (χ2n) is 5.62. The first-order valence-corrected chi connectivity index (χ1v) is 9.34. The summed E-state index contributed by atoms with van der Waals surface area (Å²) in [5, 5.41) is 0. The van der Waals surface area contributed by atoms with Crippen LogP contribution in [0.1, 0.15) is 25.7 Å². The second kappa shape index (κ2) is 5.75. The molecule has 2 aliphatic rings. The molecule has 2 fully saturated rings. The zero-order valence-corrected chi connectivity index (χ0v) is 13.7. The van der Waals surface area contributed by atoms with Crippen molar-refractivity contribution in [3.8, 4) is 0 Å². The van der Waals surface area contributed by atoms with Crippen LogP contribution < -0.4 is 4.72 Å². The number of halogens is 1. The summed E-state index contributed by atoms with van der Waals surface area (Å²) in [7, 11) is -3.40. The van der Waals surface area contributed by atoms with Gasteiger partial charge in [-0.15, -0.1) is 0 Å². The summed E-state index contributed by atoms with van der Waals surface area (Å²) in [5.41, 5.74) is 0. The Morgan fingerprint density at radius 3 is 2.45 bits per heavy atom. The van der Waals surface area contributed by atoms with E-state index in [0.29, 0.717) is 4.90 Å². The standard InChI is InChI=1S/C14H19BrN2O2S/c15-11-2-1-3-14(10-11)20(18,19)16-12-6-8-17(9-7-12)13-4-5-13/h1-3,10,12-13,16H,4-9H2. The average molecular weight is 359 g/mol. The molecule has 3 rings (SSSR count). The third-order valence-electron chi connectivity index (χ3n) is 4.02. The highest BCUT2D eigenvalue weighted by molar-refractivity contribution is 9.10. The van der Waals surface area contributed by atoms with Crippen molar-refractivity contribution in [2.24, 2.45) is 0 Å². The van der Waals surface area contributed by atoms with E-state index < -0.39 is 10.0 Å². The average Bonchev–Trinajstić information content (AvgIpc) is 3.24. The monoisotopic (exact) mass is 358 g/mol. The zero-order chi connectivity index (χ0) is 14.2. The Kier molecular flexibility index (Phi) is 4.17. The molecule has 20 heavy (non-hydrogen) atoms. The minimum Gasteiger partial charge on any atom is -0.300 e. The van der Waals surface area contributed by atoms with Crippen LogP contribution in [0.4, 0.5) is 0 Å². The minimum absolute atomic E-state index is 0.0639. The molecule has 1 saturated heterocycles. The molecule has 4 nitrogen and oxygen atoms in total.